The molecule has 20 N–H and O–H groups in total. The van der Waals surface area contributed by atoms with Crippen LogP contribution in [-0.4, -0.2) is 326 Å². The van der Waals surface area contributed by atoms with Crippen LogP contribution in [0.4, 0.5) is 0 Å². The van der Waals surface area contributed by atoms with Crippen LogP contribution in [0.2, 0.25) is 0 Å². The van der Waals surface area contributed by atoms with Crippen LogP contribution in [0.25, 0.3) is 0 Å². The van der Waals surface area contributed by atoms with Gasteiger partial charge in [-0.3, -0.25) is 0 Å². The quantitative estimate of drug-likeness (QED) is 0.0504. The number of carbonyl (C=O) groups excluding carboxylic acids is 1. The molecule has 67 heavy (non-hydrogen) atoms. The molecule has 0 aromatic heterocycles. The highest BCUT2D eigenvalue weighted by atomic mass is 16.8. The summed E-state index contributed by atoms with van der Waals surface area (Å²) in [5.74, 6) is 0. The number of hydrogen-bond acceptors (Lipinski definition) is 31. The predicted molar refractivity (Wildman–Crippen MR) is 200 cm³/mol. The van der Waals surface area contributed by atoms with Crippen molar-refractivity contribution in [2.75, 3.05) is 39.6 Å². The number of ether oxygens (including phenoxy) is 10. The van der Waals surface area contributed by atoms with Crippen LogP contribution in [0.15, 0.2) is 0 Å². The largest absolute Gasteiger partial charge is 0.394 e. The van der Waals surface area contributed by atoms with Crippen LogP contribution >= 0.6 is 0 Å². The molecule has 5 aliphatic rings. The minimum atomic E-state index is -2.20. The van der Waals surface area contributed by atoms with Gasteiger partial charge in [-0.15, -0.1) is 0 Å². The Kier molecular flexibility index (Phi) is 20.8. The molecule has 5 saturated heterocycles. The fraction of sp³-hybridized carbons (Fsp3) is 0.972. The first-order chi connectivity index (χ1) is 31.7. The third-order valence-electron chi connectivity index (χ3n) is 12.0. The van der Waals surface area contributed by atoms with Gasteiger partial charge in [0.1, 0.15) is 146 Å². The molecule has 0 aliphatic carbocycles. The van der Waals surface area contributed by atoms with Crippen LogP contribution in [0.5, 0.6) is 0 Å². The number of aliphatic hydroxyl groups excluding tert-OH is 20. The summed E-state index contributed by atoms with van der Waals surface area (Å²) in [6.45, 7) is -6.01. The molecular formula is C36H62O31. The van der Waals surface area contributed by atoms with E-state index in [2.05, 4.69) is 0 Å². The van der Waals surface area contributed by atoms with Crippen LogP contribution in [-0.2, 0) is 52.2 Å². The Balaban J connectivity index is 1.22. The minimum Gasteiger partial charge on any atom is -0.394 e. The molecule has 29 atom stereocenters. The van der Waals surface area contributed by atoms with Crippen molar-refractivity contribution in [1.82, 2.24) is 0 Å². The fourth-order valence-corrected chi connectivity index (χ4v) is 8.06. The molecule has 0 spiro atoms. The summed E-state index contributed by atoms with van der Waals surface area (Å²) in [4.78, 5) is 11.0. The lowest BCUT2D eigenvalue weighted by atomic mass is 9.95. The van der Waals surface area contributed by atoms with E-state index >= 15 is 0 Å². The Morgan fingerprint density at radius 1 is 0.388 bits per heavy atom. The maximum Gasteiger partial charge on any atom is 0.187 e. The second kappa shape index (κ2) is 24.7. The first kappa shape index (κ1) is 56.4. The molecule has 0 aromatic carbocycles. The lowest BCUT2D eigenvalue weighted by Crippen LogP contribution is -2.68. The van der Waals surface area contributed by atoms with Crippen LogP contribution in [0.3, 0.4) is 0 Å². The van der Waals surface area contributed by atoms with Gasteiger partial charge in [0, 0.05) is 0 Å². The third-order valence-corrected chi connectivity index (χ3v) is 12.0. The SMILES string of the molecule is O=C[C@H](O)[C@@H](O)[C@H](O[C@H]1O[C@H](CO)[C@@H](O[C@H]2O[C@H](CO)[C@@H](O[C@H]3O[C@H](CO)[C@@H](O[C@H]4O[C@H](CO)[C@@H](O[C@H]5O[C@H](CO)[C@@H](O)[C@H](O)[C@@H]5O)[C@H](O)[C@@H]4O)[C@H](O)[C@@H]3O)[C@H](O)[C@@H]2O)[C@H](O)[C@@H]1O)[C@@H](O)CO. The van der Waals surface area contributed by atoms with E-state index in [1.54, 1.807) is 0 Å². The Hall–Kier alpha value is -1.53. The standard InChI is InChI=1S/C36H62O31/c37-1-8(44)15(46)27(9(45)2-38)63-33-23(54)18(49)29(11(4-40)59-33)65-35-25(56)20(51)31(13(6-42)61-35)67-36-26(57)21(52)30(14(7-43)62-36)66-34-24(55)19(50)28(12(5-41)60-34)64-32-22(53)17(48)16(47)10(3-39)58-32/h1,8-36,38-57H,2-7H2/t8-,9-,10+,11+,12+,13+,14+,15+,16+,17-,18+,19+,20+,21+,22-,23-,24-,25-,26-,27+,28+,29+,30+,31+,32+,33+,34+,35+,36+/m0/s1. The van der Waals surface area contributed by atoms with Crippen molar-refractivity contribution in [3.05, 3.63) is 0 Å². The van der Waals surface area contributed by atoms with Gasteiger partial charge in [-0.1, -0.05) is 0 Å². The van der Waals surface area contributed by atoms with Gasteiger partial charge in [0.15, 0.2) is 37.7 Å². The summed E-state index contributed by atoms with van der Waals surface area (Å²) in [5.41, 5.74) is 0. The second-order valence-electron chi connectivity index (χ2n) is 16.4. The molecule has 0 amide bonds. The highest BCUT2D eigenvalue weighted by Crippen LogP contribution is 2.36. The number of aldehydes is 1. The Morgan fingerprint density at radius 2 is 0.672 bits per heavy atom. The van der Waals surface area contributed by atoms with Gasteiger partial charge in [-0.05, 0) is 0 Å². The summed E-state index contributed by atoms with van der Waals surface area (Å²) in [5, 5.41) is 208. The Labute approximate surface area is 378 Å². The zero-order valence-corrected chi connectivity index (χ0v) is 35.0. The number of rotatable bonds is 20. The minimum absolute atomic E-state index is 0.124. The molecule has 5 fully saturated rings. The Morgan fingerprint density at radius 3 is 0.970 bits per heavy atom. The number of hydrogen-bond donors (Lipinski definition) is 20. The molecule has 5 aliphatic heterocycles. The first-order valence-corrected chi connectivity index (χ1v) is 20.9. The molecule has 31 heteroatoms. The zero-order valence-electron chi connectivity index (χ0n) is 35.0. The van der Waals surface area contributed by atoms with Crippen molar-refractivity contribution < 1.29 is 154 Å². The maximum atomic E-state index is 11.2. The molecule has 0 unspecified atom stereocenters. The highest BCUT2D eigenvalue weighted by Gasteiger charge is 2.57. The average molecular weight is 991 g/mol. The van der Waals surface area contributed by atoms with Gasteiger partial charge >= 0.3 is 0 Å². The van der Waals surface area contributed by atoms with E-state index in [-0.39, 0.29) is 6.29 Å². The van der Waals surface area contributed by atoms with Gasteiger partial charge in [0.25, 0.3) is 0 Å². The lowest BCUT2D eigenvalue weighted by molar-refractivity contribution is -0.394. The molecule has 392 valence electrons. The van der Waals surface area contributed by atoms with E-state index in [1.165, 1.54) is 0 Å². The van der Waals surface area contributed by atoms with Crippen molar-refractivity contribution >= 4 is 6.29 Å². The number of aliphatic hydroxyl groups is 20. The molecule has 5 rings (SSSR count). The highest BCUT2D eigenvalue weighted by molar-refractivity contribution is 5.56. The van der Waals surface area contributed by atoms with E-state index < -0.39 is 218 Å². The second-order valence-corrected chi connectivity index (χ2v) is 16.4. The van der Waals surface area contributed by atoms with Gasteiger partial charge < -0.3 is 154 Å². The first-order valence-electron chi connectivity index (χ1n) is 20.9. The lowest BCUT2D eigenvalue weighted by Gasteiger charge is -2.49. The topological polar surface area (TPSA) is 514 Å². The summed E-state index contributed by atoms with van der Waals surface area (Å²) in [7, 11) is 0. The van der Waals surface area contributed by atoms with Crippen LogP contribution in [0.1, 0.15) is 0 Å². The van der Waals surface area contributed by atoms with Gasteiger partial charge in [0.05, 0.1) is 39.6 Å². The molecule has 0 bridgehead atoms. The summed E-state index contributed by atoms with van der Waals surface area (Å²) < 4.78 is 55.0. The van der Waals surface area contributed by atoms with Crippen molar-refractivity contribution in [3.63, 3.8) is 0 Å². The smallest absolute Gasteiger partial charge is 0.187 e. The van der Waals surface area contributed by atoms with Crippen LogP contribution < -0.4 is 0 Å². The van der Waals surface area contributed by atoms with Crippen molar-refractivity contribution in [2.45, 2.75) is 178 Å². The van der Waals surface area contributed by atoms with E-state index in [0.29, 0.717) is 0 Å². The summed E-state index contributed by atoms with van der Waals surface area (Å²) in [6, 6.07) is 0. The zero-order chi connectivity index (χ0) is 49.8. The predicted octanol–water partition coefficient (Wildman–Crippen LogP) is -14.3. The molecule has 5 heterocycles. The summed E-state index contributed by atoms with van der Waals surface area (Å²) >= 11 is 0. The molecule has 0 aromatic rings. The molecule has 0 saturated carbocycles. The normalized spacial score (nSPS) is 48.3. The van der Waals surface area contributed by atoms with Crippen molar-refractivity contribution in [3.8, 4) is 0 Å². The van der Waals surface area contributed by atoms with Gasteiger partial charge in [-0.2, -0.15) is 0 Å². The van der Waals surface area contributed by atoms with E-state index in [4.69, 9.17) is 47.4 Å². The molecule has 0 radical (unpaired) electrons. The molecular weight excluding hydrogens is 928 g/mol. The monoisotopic (exact) mass is 990 g/mol. The summed E-state index contributed by atoms with van der Waals surface area (Å²) in [6.07, 6.45) is -56.8. The molecule has 31 nitrogen and oxygen atoms in total. The van der Waals surface area contributed by atoms with E-state index in [1.807, 2.05) is 0 Å². The van der Waals surface area contributed by atoms with E-state index in [0.717, 1.165) is 0 Å². The fourth-order valence-electron chi connectivity index (χ4n) is 8.06. The maximum absolute atomic E-state index is 11.2. The van der Waals surface area contributed by atoms with Crippen molar-refractivity contribution in [1.29, 1.82) is 0 Å². The Bertz CT molecular complexity index is 1480. The van der Waals surface area contributed by atoms with Gasteiger partial charge in [-0.25, -0.2) is 0 Å². The third kappa shape index (κ3) is 12.1. The van der Waals surface area contributed by atoms with Crippen molar-refractivity contribution in [2.24, 2.45) is 0 Å². The average Bonchev–Trinajstić information content (AvgIpc) is 3.33. The number of carbonyl (C=O) groups is 1. The van der Waals surface area contributed by atoms with Gasteiger partial charge in [0.2, 0.25) is 0 Å². The van der Waals surface area contributed by atoms with Crippen LogP contribution in [0, 0.1) is 0 Å². The van der Waals surface area contributed by atoms with E-state index in [9.17, 15) is 107 Å².